The van der Waals surface area contributed by atoms with Gasteiger partial charge >= 0.3 is 0 Å². The molecule has 1 saturated heterocycles. The van der Waals surface area contributed by atoms with Gasteiger partial charge in [-0.05, 0) is 35.4 Å². The predicted octanol–water partition coefficient (Wildman–Crippen LogP) is 2.94. The van der Waals surface area contributed by atoms with Gasteiger partial charge in [-0.25, -0.2) is 8.78 Å². The van der Waals surface area contributed by atoms with Gasteiger partial charge in [0.15, 0.2) is 11.6 Å². The Bertz CT molecular complexity index is 743. The van der Waals surface area contributed by atoms with Crippen molar-refractivity contribution < 1.29 is 23.0 Å². The van der Waals surface area contributed by atoms with E-state index in [9.17, 15) is 13.6 Å². The summed E-state index contributed by atoms with van der Waals surface area (Å²) in [6, 6.07) is 10.6. The topological polar surface area (TPSA) is 38.8 Å². The number of amides is 1. The summed E-state index contributed by atoms with van der Waals surface area (Å²) in [7, 11) is 1.42. The molecular formula is C19H19F2NO3. The summed E-state index contributed by atoms with van der Waals surface area (Å²) in [6.45, 7) is 1.31. The highest BCUT2D eigenvalue weighted by molar-refractivity contribution is 5.79. The van der Waals surface area contributed by atoms with Crippen LogP contribution in [0.1, 0.15) is 11.1 Å². The highest BCUT2D eigenvalue weighted by Crippen LogP contribution is 2.20. The van der Waals surface area contributed by atoms with Gasteiger partial charge in [-0.2, -0.15) is 0 Å². The summed E-state index contributed by atoms with van der Waals surface area (Å²) in [6.07, 6.45) is 0.193. The van der Waals surface area contributed by atoms with E-state index >= 15 is 0 Å². The largest absolute Gasteiger partial charge is 0.494 e. The molecule has 0 atom stereocenters. The molecule has 0 aliphatic carbocycles. The molecule has 1 fully saturated rings. The Morgan fingerprint density at radius 3 is 2.44 bits per heavy atom. The van der Waals surface area contributed by atoms with E-state index in [4.69, 9.17) is 9.47 Å². The van der Waals surface area contributed by atoms with Crippen LogP contribution < -0.4 is 4.74 Å². The summed E-state index contributed by atoms with van der Waals surface area (Å²) in [5.74, 6) is -0.552. The van der Waals surface area contributed by atoms with Crippen molar-refractivity contribution in [2.75, 3.05) is 20.2 Å². The standard InChI is InChI=1S/C19H19F2NO3/c1-24-18-7-4-14(8-17(18)21)12-25-16-10-22(11-16)19(23)9-13-2-5-15(20)6-3-13/h2-8,16H,9-12H2,1H3. The van der Waals surface area contributed by atoms with Crippen molar-refractivity contribution >= 4 is 5.91 Å². The monoisotopic (exact) mass is 347 g/mol. The van der Waals surface area contributed by atoms with Gasteiger partial charge < -0.3 is 14.4 Å². The summed E-state index contributed by atoms with van der Waals surface area (Å²) in [5, 5.41) is 0. The van der Waals surface area contributed by atoms with Crippen molar-refractivity contribution in [2.45, 2.75) is 19.1 Å². The average Bonchev–Trinajstić information content (AvgIpc) is 2.55. The van der Waals surface area contributed by atoms with Crippen LogP contribution in [-0.4, -0.2) is 37.1 Å². The van der Waals surface area contributed by atoms with Gasteiger partial charge in [0.05, 0.1) is 26.2 Å². The minimum absolute atomic E-state index is 0.0121. The number of ether oxygens (including phenoxy) is 2. The summed E-state index contributed by atoms with van der Waals surface area (Å²) in [4.78, 5) is 13.8. The third kappa shape index (κ3) is 4.33. The van der Waals surface area contributed by atoms with Crippen LogP contribution in [0.4, 0.5) is 8.78 Å². The molecule has 0 saturated carbocycles. The molecule has 2 aromatic carbocycles. The van der Waals surface area contributed by atoms with E-state index in [1.54, 1.807) is 29.2 Å². The molecule has 0 radical (unpaired) electrons. The van der Waals surface area contributed by atoms with E-state index < -0.39 is 5.82 Å². The molecule has 0 N–H and O–H groups in total. The minimum atomic E-state index is -0.423. The van der Waals surface area contributed by atoms with Crippen LogP contribution in [0.3, 0.4) is 0 Å². The van der Waals surface area contributed by atoms with E-state index in [-0.39, 0.29) is 36.6 Å². The number of rotatable bonds is 6. The maximum Gasteiger partial charge on any atom is 0.227 e. The molecule has 132 valence electrons. The molecule has 25 heavy (non-hydrogen) atoms. The molecule has 1 aliphatic heterocycles. The Labute approximate surface area is 145 Å². The number of carbonyl (C=O) groups is 1. The molecule has 6 heteroatoms. The SMILES string of the molecule is COc1ccc(COC2CN(C(=O)Cc3ccc(F)cc3)C2)cc1F. The second kappa shape index (κ2) is 7.61. The molecular weight excluding hydrogens is 328 g/mol. The molecule has 1 heterocycles. The van der Waals surface area contributed by atoms with Crippen molar-refractivity contribution in [3.8, 4) is 5.75 Å². The van der Waals surface area contributed by atoms with Gasteiger partial charge in [-0.15, -0.1) is 0 Å². The first-order valence-electron chi connectivity index (χ1n) is 8.01. The number of hydrogen-bond acceptors (Lipinski definition) is 3. The Hall–Kier alpha value is -2.47. The normalized spacial score (nSPS) is 14.3. The lowest BCUT2D eigenvalue weighted by atomic mass is 10.1. The van der Waals surface area contributed by atoms with Gasteiger partial charge in [0.1, 0.15) is 5.82 Å². The van der Waals surface area contributed by atoms with Crippen LogP contribution in [0.15, 0.2) is 42.5 Å². The highest BCUT2D eigenvalue weighted by atomic mass is 19.1. The zero-order chi connectivity index (χ0) is 17.8. The smallest absolute Gasteiger partial charge is 0.227 e. The second-order valence-corrected chi connectivity index (χ2v) is 6.00. The summed E-state index contributed by atoms with van der Waals surface area (Å²) >= 11 is 0. The van der Waals surface area contributed by atoms with Crippen LogP contribution in [0.5, 0.6) is 5.75 Å². The molecule has 4 nitrogen and oxygen atoms in total. The lowest BCUT2D eigenvalue weighted by Crippen LogP contribution is -2.55. The molecule has 3 rings (SSSR count). The van der Waals surface area contributed by atoms with Gasteiger partial charge in [0.2, 0.25) is 5.91 Å². The maximum absolute atomic E-state index is 13.6. The Morgan fingerprint density at radius 1 is 1.12 bits per heavy atom. The van der Waals surface area contributed by atoms with Crippen LogP contribution >= 0.6 is 0 Å². The molecule has 0 spiro atoms. The lowest BCUT2D eigenvalue weighted by molar-refractivity contribution is -0.145. The van der Waals surface area contributed by atoms with Crippen molar-refractivity contribution in [3.63, 3.8) is 0 Å². The average molecular weight is 347 g/mol. The van der Waals surface area contributed by atoms with Gasteiger partial charge in [0.25, 0.3) is 0 Å². The van der Waals surface area contributed by atoms with Gasteiger partial charge in [-0.3, -0.25) is 4.79 Å². The predicted molar refractivity (Wildman–Crippen MR) is 88.2 cm³/mol. The van der Waals surface area contributed by atoms with E-state index in [2.05, 4.69) is 0 Å². The van der Waals surface area contributed by atoms with Crippen LogP contribution in [0.25, 0.3) is 0 Å². The fraction of sp³-hybridized carbons (Fsp3) is 0.316. The molecule has 1 amide bonds. The number of nitrogens with zero attached hydrogens (tertiary/aromatic N) is 1. The number of carbonyl (C=O) groups excluding carboxylic acids is 1. The Kier molecular flexibility index (Phi) is 5.28. The zero-order valence-corrected chi connectivity index (χ0v) is 13.9. The minimum Gasteiger partial charge on any atom is -0.494 e. The maximum atomic E-state index is 13.6. The third-order valence-electron chi connectivity index (χ3n) is 4.17. The number of benzene rings is 2. The van der Waals surface area contributed by atoms with Crippen LogP contribution in [0, 0.1) is 11.6 Å². The third-order valence-corrected chi connectivity index (χ3v) is 4.17. The van der Waals surface area contributed by atoms with Crippen molar-refractivity contribution in [1.29, 1.82) is 0 Å². The zero-order valence-electron chi connectivity index (χ0n) is 13.9. The number of methoxy groups -OCH3 is 1. The number of halogens is 2. The fourth-order valence-electron chi connectivity index (χ4n) is 2.65. The van der Waals surface area contributed by atoms with Crippen molar-refractivity contribution in [2.24, 2.45) is 0 Å². The van der Waals surface area contributed by atoms with E-state index in [1.165, 1.54) is 25.3 Å². The molecule has 1 aliphatic rings. The fourth-order valence-corrected chi connectivity index (χ4v) is 2.65. The number of likely N-dealkylation sites (tertiary alicyclic amines) is 1. The van der Waals surface area contributed by atoms with Crippen molar-refractivity contribution in [3.05, 3.63) is 65.2 Å². The second-order valence-electron chi connectivity index (χ2n) is 6.00. The molecule has 0 unspecified atom stereocenters. The molecule has 0 bridgehead atoms. The Balaban J connectivity index is 1.42. The van der Waals surface area contributed by atoms with E-state index in [0.717, 1.165) is 11.1 Å². The quantitative estimate of drug-likeness (QED) is 0.806. The summed E-state index contributed by atoms with van der Waals surface area (Å²) < 4.78 is 37.0. The highest BCUT2D eigenvalue weighted by Gasteiger charge is 2.31. The lowest BCUT2D eigenvalue weighted by Gasteiger charge is -2.39. The van der Waals surface area contributed by atoms with Crippen LogP contribution in [0.2, 0.25) is 0 Å². The van der Waals surface area contributed by atoms with Gasteiger partial charge in [0, 0.05) is 13.1 Å². The molecule has 2 aromatic rings. The van der Waals surface area contributed by atoms with E-state index in [1.807, 2.05) is 0 Å². The number of hydrogen-bond donors (Lipinski definition) is 0. The van der Waals surface area contributed by atoms with E-state index in [0.29, 0.717) is 13.1 Å². The summed E-state index contributed by atoms with van der Waals surface area (Å²) in [5.41, 5.74) is 1.50. The first kappa shape index (κ1) is 17.4. The first-order valence-corrected chi connectivity index (χ1v) is 8.01. The van der Waals surface area contributed by atoms with Gasteiger partial charge in [-0.1, -0.05) is 18.2 Å². The van der Waals surface area contributed by atoms with Crippen LogP contribution in [-0.2, 0) is 22.6 Å². The van der Waals surface area contributed by atoms with Crippen molar-refractivity contribution in [1.82, 2.24) is 4.90 Å². The molecule has 0 aromatic heterocycles. The first-order chi connectivity index (χ1) is 12.0. The Morgan fingerprint density at radius 2 is 1.80 bits per heavy atom.